The van der Waals surface area contributed by atoms with Gasteiger partial charge in [0, 0.05) is 37.1 Å². The van der Waals surface area contributed by atoms with Crippen LogP contribution in [0.3, 0.4) is 0 Å². The molecule has 1 aromatic heterocycles. The number of methoxy groups -OCH3 is 1. The van der Waals surface area contributed by atoms with Crippen LogP contribution in [0.25, 0.3) is 11.5 Å². The van der Waals surface area contributed by atoms with Gasteiger partial charge in [0.1, 0.15) is 0 Å². The van der Waals surface area contributed by atoms with E-state index in [9.17, 15) is 14.4 Å². The van der Waals surface area contributed by atoms with Crippen LogP contribution in [-0.2, 0) is 25.7 Å². The molecule has 11 heteroatoms. The first-order chi connectivity index (χ1) is 17.0. The summed E-state index contributed by atoms with van der Waals surface area (Å²) in [5.74, 6) is -1.09. The van der Waals surface area contributed by atoms with Gasteiger partial charge in [-0.15, -0.1) is 10.2 Å². The van der Waals surface area contributed by atoms with Gasteiger partial charge in [-0.3, -0.25) is 14.5 Å². The molecule has 3 aromatic rings. The van der Waals surface area contributed by atoms with Crippen LogP contribution >= 0.6 is 11.6 Å². The first-order valence-corrected chi connectivity index (χ1v) is 11.3. The zero-order valence-electron chi connectivity index (χ0n) is 18.8. The van der Waals surface area contributed by atoms with Gasteiger partial charge in [0.2, 0.25) is 17.5 Å². The third-order valence-electron chi connectivity index (χ3n) is 6.10. The number of aromatic nitrogens is 2. The van der Waals surface area contributed by atoms with E-state index in [2.05, 4.69) is 10.2 Å². The van der Waals surface area contributed by atoms with Crippen LogP contribution in [0.4, 0.5) is 5.69 Å². The minimum atomic E-state index is -1.62. The minimum Gasteiger partial charge on any atom is -0.452 e. The molecule has 2 amide bonds. The molecule has 1 atom stereocenters. The number of benzene rings is 2. The van der Waals surface area contributed by atoms with Crippen LogP contribution in [-0.4, -0.2) is 58.8 Å². The Bertz CT molecular complexity index is 1290. The number of nitrogens with zero attached hydrogens (tertiary/aromatic N) is 4. The van der Waals surface area contributed by atoms with Crippen molar-refractivity contribution < 1.29 is 28.3 Å². The van der Waals surface area contributed by atoms with Crippen molar-refractivity contribution in [2.75, 3.05) is 25.2 Å². The summed E-state index contributed by atoms with van der Waals surface area (Å²) in [7, 11) is 1.50. The molecule has 0 spiro atoms. The molecule has 2 aliphatic heterocycles. The summed E-state index contributed by atoms with van der Waals surface area (Å²) in [5.41, 5.74) is -0.244. The van der Waals surface area contributed by atoms with Crippen LogP contribution in [0.5, 0.6) is 0 Å². The second-order valence-corrected chi connectivity index (χ2v) is 8.53. The van der Waals surface area contributed by atoms with Crippen molar-refractivity contribution in [1.82, 2.24) is 15.1 Å². The highest BCUT2D eigenvalue weighted by Gasteiger charge is 2.61. The van der Waals surface area contributed by atoms with Gasteiger partial charge < -0.3 is 18.8 Å². The molecule has 1 unspecified atom stereocenters. The standard InChI is InChI=1S/C24H21ClN4O6/c1-33-13-12-28-22(31)17-4-2-3-5-18(17)29-20(30)10-11-24(28,29)23(32)34-14-19-26-27-21(35-19)15-6-8-16(25)9-7-15/h2-9H,10-14H2,1H3. The Hall–Kier alpha value is -3.76. The summed E-state index contributed by atoms with van der Waals surface area (Å²) in [4.78, 5) is 42.7. The van der Waals surface area contributed by atoms with E-state index >= 15 is 0 Å². The van der Waals surface area contributed by atoms with Gasteiger partial charge in [0.15, 0.2) is 6.61 Å². The lowest BCUT2D eigenvalue weighted by Crippen LogP contribution is -2.68. The highest BCUT2D eigenvalue weighted by Crippen LogP contribution is 2.45. The summed E-state index contributed by atoms with van der Waals surface area (Å²) < 4.78 is 16.4. The number of para-hydroxylation sites is 1. The van der Waals surface area contributed by atoms with Crippen molar-refractivity contribution >= 4 is 35.1 Å². The maximum absolute atomic E-state index is 13.6. The summed E-state index contributed by atoms with van der Waals surface area (Å²) >= 11 is 5.91. The molecule has 0 N–H and O–H groups in total. The lowest BCUT2D eigenvalue weighted by molar-refractivity contribution is -0.159. The number of esters is 1. The zero-order valence-corrected chi connectivity index (χ0v) is 19.5. The molecule has 5 rings (SSSR count). The van der Waals surface area contributed by atoms with Crippen molar-refractivity contribution in [3.05, 3.63) is 65.0 Å². The third kappa shape index (κ3) is 3.84. The van der Waals surface area contributed by atoms with Crippen LogP contribution in [0.1, 0.15) is 29.1 Å². The smallest absolute Gasteiger partial charge is 0.354 e. The van der Waals surface area contributed by atoms with E-state index in [0.717, 1.165) is 0 Å². The maximum Gasteiger partial charge on any atom is 0.354 e. The minimum absolute atomic E-state index is 0.0709. The lowest BCUT2D eigenvalue weighted by atomic mass is 9.96. The summed E-state index contributed by atoms with van der Waals surface area (Å²) in [6.07, 6.45) is 0.176. The maximum atomic E-state index is 13.6. The topological polar surface area (TPSA) is 115 Å². The Labute approximate surface area is 205 Å². The number of hydrogen-bond acceptors (Lipinski definition) is 8. The predicted molar refractivity (Wildman–Crippen MR) is 123 cm³/mol. The summed E-state index contributed by atoms with van der Waals surface area (Å²) in [6.45, 7) is -0.0416. The van der Waals surface area contributed by atoms with Gasteiger partial charge in [0.05, 0.1) is 17.9 Å². The van der Waals surface area contributed by atoms with Gasteiger partial charge in [-0.2, -0.15) is 0 Å². The van der Waals surface area contributed by atoms with Crippen LogP contribution < -0.4 is 4.90 Å². The quantitative estimate of drug-likeness (QED) is 0.458. The Morgan fingerprint density at radius 1 is 1.14 bits per heavy atom. The average molecular weight is 497 g/mol. The number of carbonyl (C=O) groups excluding carboxylic acids is 3. The number of amides is 2. The summed E-state index contributed by atoms with van der Waals surface area (Å²) in [5, 5.41) is 8.49. The molecule has 180 valence electrons. The first kappa shape index (κ1) is 23.0. The van der Waals surface area contributed by atoms with Gasteiger partial charge in [0.25, 0.3) is 11.8 Å². The van der Waals surface area contributed by atoms with Gasteiger partial charge >= 0.3 is 5.97 Å². The summed E-state index contributed by atoms with van der Waals surface area (Å²) in [6, 6.07) is 13.6. The molecule has 1 saturated heterocycles. The van der Waals surface area contributed by atoms with E-state index in [4.69, 9.17) is 25.5 Å². The second kappa shape index (κ2) is 9.12. The fourth-order valence-corrected chi connectivity index (χ4v) is 4.63. The molecule has 0 radical (unpaired) electrons. The van der Waals surface area contributed by atoms with E-state index in [1.165, 1.54) is 16.9 Å². The number of fused-ring (bicyclic) bond motifs is 3. The normalized spacial score (nSPS) is 19.0. The number of halogens is 1. The third-order valence-corrected chi connectivity index (χ3v) is 6.36. The van der Waals surface area contributed by atoms with E-state index in [0.29, 0.717) is 21.8 Å². The number of carbonyl (C=O) groups is 3. The van der Waals surface area contributed by atoms with Crippen LogP contribution in [0.15, 0.2) is 52.9 Å². The fourth-order valence-electron chi connectivity index (χ4n) is 4.50. The Morgan fingerprint density at radius 3 is 2.69 bits per heavy atom. The molecule has 0 saturated carbocycles. The average Bonchev–Trinajstić information content (AvgIpc) is 3.48. The molecule has 2 aromatic carbocycles. The van der Waals surface area contributed by atoms with Crippen molar-refractivity contribution in [2.24, 2.45) is 0 Å². The monoisotopic (exact) mass is 496 g/mol. The largest absolute Gasteiger partial charge is 0.452 e. The molecule has 2 aliphatic rings. The van der Waals surface area contributed by atoms with Crippen molar-refractivity contribution in [3.8, 4) is 11.5 Å². The highest BCUT2D eigenvalue weighted by atomic mass is 35.5. The van der Waals surface area contributed by atoms with Crippen molar-refractivity contribution in [2.45, 2.75) is 25.1 Å². The molecule has 0 aliphatic carbocycles. The molecular weight excluding hydrogens is 476 g/mol. The van der Waals surface area contributed by atoms with Gasteiger partial charge in [-0.1, -0.05) is 23.7 Å². The Balaban J connectivity index is 1.43. The second-order valence-electron chi connectivity index (χ2n) is 8.10. The number of ether oxygens (including phenoxy) is 2. The number of hydrogen-bond donors (Lipinski definition) is 0. The van der Waals surface area contributed by atoms with Gasteiger partial charge in [-0.25, -0.2) is 4.79 Å². The number of anilines is 1. The van der Waals surface area contributed by atoms with Gasteiger partial charge in [-0.05, 0) is 36.4 Å². The molecular formula is C24H21ClN4O6. The Kier molecular flexibility index (Phi) is 6.00. The van der Waals surface area contributed by atoms with E-state index in [1.807, 2.05) is 0 Å². The molecule has 10 nitrogen and oxygen atoms in total. The molecule has 1 fully saturated rings. The zero-order chi connectivity index (χ0) is 24.6. The lowest BCUT2D eigenvalue weighted by Gasteiger charge is -2.48. The van der Waals surface area contributed by atoms with Crippen LogP contribution in [0.2, 0.25) is 5.02 Å². The number of rotatable bonds is 7. The molecule has 35 heavy (non-hydrogen) atoms. The van der Waals surface area contributed by atoms with E-state index in [1.54, 1.807) is 48.5 Å². The fraction of sp³-hybridized carbons (Fsp3) is 0.292. The van der Waals surface area contributed by atoms with Crippen molar-refractivity contribution in [1.29, 1.82) is 0 Å². The van der Waals surface area contributed by atoms with E-state index < -0.39 is 11.6 Å². The first-order valence-electron chi connectivity index (χ1n) is 10.9. The highest BCUT2D eigenvalue weighted by molar-refractivity contribution is 6.30. The molecule has 0 bridgehead atoms. The molecule has 3 heterocycles. The van der Waals surface area contributed by atoms with E-state index in [-0.39, 0.29) is 56.2 Å². The van der Waals surface area contributed by atoms with Crippen molar-refractivity contribution in [3.63, 3.8) is 0 Å². The Morgan fingerprint density at radius 2 is 1.91 bits per heavy atom. The SMILES string of the molecule is COCCN1C(=O)c2ccccc2N2C(=O)CCC12C(=O)OCc1nnc(-c2ccc(Cl)cc2)o1. The van der Waals surface area contributed by atoms with Crippen LogP contribution in [0, 0.1) is 0 Å². The predicted octanol–water partition coefficient (Wildman–Crippen LogP) is 3.06.